The number of H-pyrrole nitrogens is 1. The molecular formula is C20H25N3O3. The van der Waals surface area contributed by atoms with Gasteiger partial charge in [0.15, 0.2) is 0 Å². The van der Waals surface area contributed by atoms with Crippen LogP contribution in [0.5, 0.6) is 0 Å². The minimum Gasteiger partial charge on any atom is -0.379 e. The van der Waals surface area contributed by atoms with E-state index in [1.54, 1.807) is 6.20 Å². The topological polar surface area (TPSA) is 76.2 Å². The van der Waals surface area contributed by atoms with Crippen LogP contribution in [0, 0.1) is 12.8 Å². The van der Waals surface area contributed by atoms with Crippen LogP contribution >= 0.6 is 0 Å². The van der Waals surface area contributed by atoms with Gasteiger partial charge in [0.25, 0.3) is 5.91 Å². The normalized spacial score (nSPS) is 23.0. The molecule has 2 aliphatic rings. The molecule has 0 radical (unpaired) electrons. The number of carbonyl (C=O) groups is 1. The van der Waals surface area contributed by atoms with Gasteiger partial charge >= 0.3 is 0 Å². The van der Waals surface area contributed by atoms with Crippen LogP contribution in [-0.4, -0.2) is 48.1 Å². The maximum atomic E-state index is 12.9. The molecule has 6 heteroatoms. The van der Waals surface area contributed by atoms with E-state index in [0.717, 1.165) is 29.8 Å². The zero-order valence-corrected chi connectivity index (χ0v) is 15.0. The summed E-state index contributed by atoms with van der Waals surface area (Å²) < 4.78 is 11.6. The number of ether oxygens (including phenoxy) is 2. The second-order valence-corrected chi connectivity index (χ2v) is 7.29. The molecule has 2 aromatic rings. The number of benzene rings is 1. The fraction of sp³-hybridized carbons (Fsp3) is 0.500. The molecule has 0 unspecified atom stereocenters. The molecule has 4 rings (SSSR count). The summed E-state index contributed by atoms with van der Waals surface area (Å²) >= 11 is 0. The van der Waals surface area contributed by atoms with Crippen molar-refractivity contribution in [3.8, 4) is 11.3 Å². The van der Waals surface area contributed by atoms with Gasteiger partial charge in [-0.15, -0.1) is 0 Å². The molecule has 6 nitrogen and oxygen atoms in total. The highest BCUT2D eigenvalue weighted by Gasteiger charge is 2.31. The van der Waals surface area contributed by atoms with Gasteiger partial charge in [-0.25, -0.2) is 0 Å². The van der Waals surface area contributed by atoms with Gasteiger partial charge in [-0.1, -0.05) is 23.8 Å². The number of amides is 1. The van der Waals surface area contributed by atoms with Gasteiger partial charge in [-0.2, -0.15) is 5.10 Å². The number of aryl methyl sites for hydroxylation is 1. The standard InChI is InChI=1S/C20H25N3O3/c1-13-3-2-4-15(9-13)19-16(10-21-23-19)20(24)22-17-12-25-8-7-18(17)26-11-14-5-6-14/h2-4,9-10,14,17-18H,5-8,11-12H2,1H3,(H,21,23)(H,22,24)/t17-,18+/m1/s1. The first kappa shape index (κ1) is 17.2. The van der Waals surface area contributed by atoms with E-state index in [2.05, 4.69) is 15.5 Å². The van der Waals surface area contributed by atoms with Crippen LogP contribution in [0.3, 0.4) is 0 Å². The van der Waals surface area contributed by atoms with Gasteiger partial charge in [0, 0.05) is 18.8 Å². The summed E-state index contributed by atoms with van der Waals surface area (Å²) in [5.41, 5.74) is 3.37. The molecule has 2 fully saturated rings. The van der Waals surface area contributed by atoms with Gasteiger partial charge in [0.05, 0.1) is 36.2 Å². The van der Waals surface area contributed by atoms with Crippen molar-refractivity contribution in [3.63, 3.8) is 0 Å². The summed E-state index contributed by atoms with van der Waals surface area (Å²) in [6, 6.07) is 7.89. The predicted molar refractivity (Wildman–Crippen MR) is 97.9 cm³/mol. The Morgan fingerprint density at radius 3 is 3.08 bits per heavy atom. The number of hydrogen-bond acceptors (Lipinski definition) is 4. The molecule has 1 aromatic carbocycles. The van der Waals surface area contributed by atoms with Crippen LogP contribution < -0.4 is 5.32 Å². The second-order valence-electron chi connectivity index (χ2n) is 7.29. The largest absolute Gasteiger partial charge is 0.379 e. The van der Waals surface area contributed by atoms with E-state index in [1.807, 2.05) is 31.2 Å². The predicted octanol–water partition coefficient (Wildman–Crippen LogP) is 2.70. The Morgan fingerprint density at radius 1 is 1.38 bits per heavy atom. The lowest BCUT2D eigenvalue weighted by Crippen LogP contribution is -2.50. The molecule has 2 N–H and O–H groups in total. The first-order valence-corrected chi connectivity index (χ1v) is 9.31. The summed E-state index contributed by atoms with van der Waals surface area (Å²) in [4.78, 5) is 12.9. The van der Waals surface area contributed by atoms with Crippen LogP contribution in [0.2, 0.25) is 0 Å². The second kappa shape index (κ2) is 7.60. The van der Waals surface area contributed by atoms with Crippen molar-refractivity contribution in [3.05, 3.63) is 41.6 Å². The molecule has 2 atom stereocenters. The lowest BCUT2D eigenvalue weighted by Gasteiger charge is -2.32. The van der Waals surface area contributed by atoms with Gasteiger partial charge in [0.2, 0.25) is 0 Å². The van der Waals surface area contributed by atoms with Gasteiger partial charge < -0.3 is 14.8 Å². The van der Waals surface area contributed by atoms with Crippen molar-refractivity contribution in [2.24, 2.45) is 5.92 Å². The lowest BCUT2D eigenvalue weighted by atomic mass is 10.0. The quantitative estimate of drug-likeness (QED) is 0.835. The van der Waals surface area contributed by atoms with Crippen LogP contribution in [0.15, 0.2) is 30.5 Å². The van der Waals surface area contributed by atoms with Crippen molar-refractivity contribution >= 4 is 5.91 Å². The number of aromatic amines is 1. The average Bonchev–Trinajstić information content (AvgIpc) is 3.34. The Kier molecular flexibility index (Phi) is 5.04. The molecule has 0 bridgehead atoms. The van der Waals surface area contributed by atoms with E-state index in [9.17, 15) is 4.79 Å². The number of hydrogen-bond donors (Lipinski definition) is 2. The van der Waals surface area contributed by atoms with E-state index in [-0.39, 0.29) is 18.1 Å². The molecule has 1 saturated carbocycles. The minimum absolute atomic E-state index is 0.0163. The van der Waals surface area contributed by atoms with Crippen molar-refractivity contribution in [2.75, 3.05) is 19.8 Å². The number of carbonyl (C=O) groups excluding carboxylic acids is 1. The Morgan fingerprint density at radius 2 is 2.27 bits per heavy atom. The van der Waals surface area contributed by atoms with E-state index in [4.69, 9.17) is 9.47 Å². The first-order valence-electron chi connectivity index (χ1n) is 9.31. The molecule has 1 aromatic heterocycles. The fourth-order valence-corrected chi connectivity index (χ4v) is 3.32. The summed E-state index contributed by atoms with van der Waals surface area (Å²) in [6.07, 6.45) is 4.93. The zero-order chi connectivity index (χ0) is 17.9. The fourth-order valence-electron chi connectivity index (χ4n) is 3.32. The van der Waals surface area contributed by atoms with Gasteiger partial charge in [-0.3, -0.25) is 9.89 Å². The summed E-state index contributed by atoms with van der Waals surface area (Å²) in [6.45, 7) is 3.98. The highest BCUT2D eigenvalue weighted by Crippen LogP contribution is 2.30. The van der Waals surface area contributed by atoms with Gasteiger partial charge in [-0.05, 0) is 38.2 Å². The number of aromatic nitrogens is 2. The van der Waals surface area contributed by atoms with E-state index in [0.29, 0.717) is 24.7 Å². The third-order valence-electron chi connectivity index (χ3n) is 5.04. The zero-order valence-electron chi connectivity index (χ0n) is 15.0. The van der Waals surface area contributed by atoms with E-state index >= 15 is 0 Å². The third kappa shape index (κ3) is 3.97. The number of rotatable bonds is 6. The SMILES string of the molecule is Cc1cccc(-c2[nH]ncc2C(=O)N[C@@H]2COCC[C@@H]2OCC2CC2)c1. The highest BCUT2D eigenvalue weighted by atomic mass is 16.5. The lowest BCUT2D eigenvalue weighted by molar-refractivity contribution is -0.0567. The van der Waals surface area contributed by atoms with Crippen LogP contribution in [0.25, 0.3) is 11.3 Å². The minimum atomic E-state index is -0.147. The molecule has 138 valence electrons. The van der Waals surface area contributed by atoms with Crippen molar-refractivity contribution < 1.29 is 14.3 Å². The molecule has 1 saturated heterocycles. The Labute approximate surface area is 153 Å². The first-order chi connectivity index (χ1) is 12.7. The highest BCUT2D eigenvalue weighted by molar-refractivity contribution is 6.00. The Bertz CT molecular complexity index is 769. The van der Waals surface area contributed by atoms with Crippen molar-refractivity contribution in [2.45, 2.75) is 38.3 Å². The van der Waals surface area contributed by atoms with Crippen LogP contribution in [0.1, 0.15) is 35.2 Å². The maximum Gasteiger partial charge on any atom is 0.255 e. The third-order valence-corrected chi connectivity index (χ3v) is 5.04. The molecular weight excluding hydrogens is 330 g/mol. The Hall–Kier alpha value is -2.18. The van der Waals surface area contributed by atoms with Gasteiger partial charge in [0.1, 0.15) is 0 Å². The molecule has 0 spiro atoms. The van der Waals surface area contributed by atoms with Crippen molar-refractivity contribution in [1.82, 2.24) is 15.5 Å². The Balaban J connectivity index is 1.46. The molecule has 1 aliphatic carbocycles. The summed E-state index contributed by atoms with van der Waals surface area (Å²) in [7, 11) is 0. The van der Waals surface area contributed by atoms with Crippen LogP contribution in [-0.2, 0) is 9.47 Å². The maximum absolute atomic E-state index is 12.9. The average molecular weight is 355 g/mol. The molecule has 1 amide bonds. The molecule has 1 aliphatic heterocycles. The smallest absolute Gasteiger partial charge is 0.255 e. The molecule has 2 heterocycles. The summed E-state index contributed by atoms with van der Waals surface area (Å²) in [5.74, 6) is 0.557. The van der Waals surface area contributed by atoms with E-state index in [1.165, 1.54) is 12.8 Å². The number of nitrogens with zero attached hydrogens (tertiary/aromatic N) is 1. The van der Waals surface area contributed by atoms with Crippen LogP contribution in [0.4, 0.5) is 0 Å². The van der Waals surface area contributed by atoms with E-state index < -0.39 is 0 Å². The monoisotopic (exact) mass is 355 g/mol. The summed E-state index contributed by atoms with van der Waals surface area (Å²) in [5, 5.41) is 10.1. The van der Waals surface area contributed by atoms with Crippen molar-refractivity contribution in [1.29, 1.82) is 0 Å². The molecule has 26 heavy (non-hydrogen) atoms. The number of nitrogens with one attached hydrogen (secondary N) is 2.